The summed E-state index contributed by atoms with van der Waals surface area (Å²) in [7, 11) is 0. The van der Waals surface area contributed by atoms with Crippen LogP contribution in [0.5, 0.6) is 46.0 Å². The summed E-state index contributed by atoms with van der Waals surface area (Å²) in [5.74, 6) is 5.74. The third-order valence-electron chi connectivity index (χ3n) is 12.5. The molecule has 2 heterocycles. The molecule has 0 bridgehead atoms. The van der Waals surface area contributed by atoms with E-state index in [4.69, 9.17) is 71.4 Å². The lowest BCUT2D eigenvalue weighted by Crippen LogP contribution is -2.27. The molecule has 2 aliphatic rings. The first-order chi connectivity index (χ1) is 42.1. The molecular formula is C73H108O17. The molecule has 2 fully saturated rings. The molecule has 2 aliphatic heterocycles. The van der Waals surface area contributed by atoms with Crippen LogP contribution in [0.2, 0.25) is 0 Å². The Balaban J connectivity index is 0.000000296. The van der Waals surface area contributed by atoms with Crippen molar-refractivity contribution >= 4 is 12.3 Å². The van der Waals surface area contributed by atoms with Crippen LogP contribution in [0.4, 0.5) is 9.59 Å². The number of carbonyl (C=O) groups excluding carboxylic acids is 2. The Morgan fingerprint density at radius 1 is 0.411 bits per heavy atom. The standard InChI is InChI=1S/C16H22O6.C16H22O4.C16H26O2.C14H22O2.C11H16O3/c1-15(2,3)21-13(17)19-11-7-9-12(10-8-11)20-14(18)22-16(4,5)6;1-3-11-17-15(5-1)19-13-7-9-14(10-8-13)20-16-6-2-4-12-18-16;1-7-15(3,4)17-13-9-11-14(12-10-13)18-16(5,6)8-2;1-13(2,3)15-11-7-9-12(10-8-11)16-14(4,5)6;1-2-13-9-14-8-11-5-3-10(7-12)4-6-11/h7-10H,1-6H3;7-10,15-16H,1-6,11-12H2;9-12H,7-8H2,1-6H3;7-10H,1-6H3;3-6,12H,2,7-9H2,1H3. The van der Waals surface area contributed by atoms with Gasteiger partial charge in [-0.25, -0.2) is 9.59 Å². The van der Waals surface area contributed by atoms with Crippen molar-refractivity contribution in [1.82, 2.24) is 0 Å². The van der Waals surface area contributed by atoms with Crippen molar-refractivity contribution in [1.29, 1.82) is 0 Å². The number of ether oxygens (including phenoxy) is 14. The monoisotopic (exact) mass is 1260 g/mol. The predicted molar refractivity (Wildman–Crippen MR) is 352 cm³/mol. The van der Waals surface area contributed by atoms with Gasteiger partial charge in [0.1, 0.15) is 86.4 Å². The lowest BCUT2D eigenvalue weighted by molar-refractivity contribution is -0.107. The lowest BCUT2D eigenvalue weighted by atomic mass is 10.1. The molecular weight excluding hydrogens is 1150 g/mol. The Bertz CT molecular complexity index is 2560. The van der Waals surface area contributed by atoms with Crippen LogP contribution in [-0.4, -0.2) is 90.2 Å². The zero-order chi connectivity index (χ0) is 67.0. The summed E-state index contributed by atoms with van der Waals surface area (Å²) in [6.45, 7) is 40.4. The van der Waals surface area contributed by atoms with Gasteiger partial charge >= 0.3 is 12.3 Å². The third kappa shape index (κ3) is 36.8. The highest BCUT2D eigenvalue weighted by Gasteiger charge is 2.23. The fourth-order valence-electron chi connectivity index (χ4n) is 7.50. The van der Waals surface area contributed by atoms with Crippen LogP contribution in [-0.2, 0) is 41.6 Å². The van der Waals surface area contributed by atoms with Gasteiger partial charge in [0.05, 0.1) is 26.4 Å². The van der Waals surface area contributed by atoms with Crippen LogP contribution in [0.3, 0.4) is 0 Å². The second kappa shape index (κ2) is 38.2. The van der Waals surface area contributed by atoms with Crippen molar-refractivity contribution in [2.45, 2.75) is 242 Å². The molecule has 5 aromatic rings. The maximum atomic E-state index is 11.5. The molecule has 17 heteroatoms. The molecule has 502 valence electrons. The van der Waals surface area contributed by atoms with Gasteiger partial charge in [-0.05, 0) is 264 Å². The van der Waals surface area contributed by atoms with Gasteiger partial charge in [0.25, 0.3) is 0 Å². The van der Waals surface area contributed by atoms with Crippen LogP contribution in [0, 0.1) is 0 Å². The van der Waals surface area contributed by atoms with Crippen LogP contribution in [0.1, 0.15) is 194 Å². The van der Waals surface area contributed by atoms with E-state index in [9.17, 15) is 9.59 Å². The van der Waals surface area contributed by atoms with E-state index in [1.54, 1.807) is 41.5 Å². The number of benzene rings is 5. The van der Waals surface area contributed by atoms with E-state index < -0.39 is 23.5 Å². The molecule has 2 saturated heterocycles. The highest BCUT2D eigenvalue weighted by Crippen LogP contribution is 2.29. The van der Waals surface area contributed by atoms with Gasteiger partial charge in [0.2, 0.25) is 0 Å². The van der Waals surface area contributed by atoms with Crippen LogP contribution >= 0.6 is 0 Å². The van der Waals surface area contributed by atoms with E-state index in [2.05, 4.69) is 41.5 Å². The van der Waals surface area contributed by atoms with Gasteiger partial charge in [0, 0.05) is 19.4 Å². The van der Waals surface area contributed by atoms with Gasteiger partial charge in [-0.1, -0.05) is 38.1 Å². The molecule has 2 atom stereocenters. The zero-order valence-electron chi connectivity index (χ0n) is 57.6. The number of aliphatic hydroxyl groups is 1. The highest BCUT2D eigenvalue weighted by atomic mass is 16.7. The SMILES string of the molecule is CC(C)(C)OC(=O)Oc1ccc(OC(=O)OC(C)(C)C)cc1.CC(C)(C)Oc1ccc(OC(C)(C)C)cc1.CCC(C)(C)Oc1ccc(OC(C)(C)CC)cc1.CCOCOCc1ccc(CO)cc1.c1cc(OC2CCCCO2)ccc1OC1CCCCO1. The quantitative estimate of drug-likeness (QED) is 0.0336. The van der Waals surface area contributed by atoms with Crippen molar-refractivity contribution in [2.24, 2.45) is 0 Å². The van der Waals surface area contributed by atoms with Gasteiger partial charge in [-0.15, -0.1) is 0 Å². The number of aliphatic hydroxyl groups excluding tert-OH is 1. The summed E-state index contributed by atoms with van der Waals surface area (Å²) >= 11 is 0. The summed E-state index contributed by atoms with van der Waals surface area (Å²) in [5.41, 5.74) is 0.184. The molecule has 0 aliphatic carbocycles. The van der Waals surface area contributed by atoms with E-state index in [0.29, 0.717) is 20.0 Å². The van der Waals surface area contributed by atoms with Crippen LogP contribution in [0.15, 0.2) is 121 Å². The van der Waals surface area contributed by atoms with E-state index in [0.717, 1.165) is 97.4 Å². The minimum absolute atomic E-state index is 0.0834. The van der Waals surface area contributed by atoms with E-state index >= 15 is 0 Å². The van der Waals surface area contributed by atoms with Gasteiger partial charge < -0.3 is 71.4 Å². The summed E-state index contributed by atoms with van der Waals surface area (Å²) in [6, 6.07) is 37.0. The van der Waals surface area contributed by atoms with Crippen molar-refractivity contribution in [2.75, 3.05) is 26.6 Å². The topological polar surface area (TPSA) is 184 Å². The third-order valence-corrected chi connectivity index (χ3v) is 12.5. The summed E-state index contributed by atoms with van der Waals surface area (Å²) in [5, 5.41) is 8.82. The molecule has 7 rings (SSSR count). The molecule has 2 unspecified atom stereocenters. The zero-order valence-corrected chi connectivity index (χ0v) is 57.6. The Hall–Kier alpha value is -6.76. The van der Waals surface area contributed by atoms with Crippen LogP contribution in [0.25, 0.3) is 0 Å². The second-order valence-corrected chi connectivity index (χ2v) is 26.6. The van der Waals surface area contributed by atoms with Crippen molar-refractivity contribution < 1.29 is 81.0 Å². The maximum Gasteiger partial charge on any atom is 0.514 e. The first-order valence-corrected chi connectivity index (χ1v) is 31.5. The summed E-state index contributed by atoms with van der Waals surface area (Å²) in [6.07, 6.45) is 6.71. The smallest absolute Gasteiger partial charge is 0.488 e. The molecule has 17 nitrogen and oxygen atoms in total. The van der Waals surface area contributed by atoms with E-state index in [-0.39, 0.29) is 53.1 Å². The highest BCUT2D eigenvalue weighted by molar-refractivity contribution is 5.66. The summed E-state index contributed by atoms with van der Waals surface area (Å²) in [4.78, 5) is 23.0. The van der Waals surface area contributed by atoms with E-state index in [1.165, 1.54) is 37.1 Å². The van der Waals surface area contributed by atoms with Crippen molar-refractivity contribution in [3.8, 4) is 46.0 Å². The normalized spacial score (nSPS) is 15.1. The Morgan fingerprint density at radius 2 is 0.733 bits per heavy atom. The maximum absolute atomic E-state index is 11.5. The van der Waals surface area contributed by atoms with Crippen LogP contribution < -0.4 is 37.9 Å². The van der Waals surface area contributed by atoms with Crippen molar-refractivity contribution in [3.63, 3.8) is 0 Å². The number of hydrogen-bond acceptors (Lipinski definition) is 17. The second-order valence-electron chi connectivity index (χ2n) is 26.6. The van der Waals surface area contributed by atoms with Crippen molar-refractivity contribution in [3.05, 3.63) is 132 Å². The van der Waals surface area contributed by atoms with E-state index in [1.807, 2.05) is 146 Å². The Kier molecular flexibility index (Phi) is 32.9. The lowest BCUT2D eigenvalue weighted by Gasteiger charge is -2.26. The fraction of sp³-hybridized carbons (Fsp3) is 0.562. The Labute approximate surface area is 538 Å². The number of hydrogen-bond donors (Lipinski definition) is 1. The van der Waals surface area contributed by atoms with Gasteiger partial charge in [-0.2, -0.15) is 0 Å². The molecule has 0 spiro atoms. The predicted octanol–water partition coefficient (Wildman–Crippen LogP) is 18.4. The molecule has 5 aromatic carbocycles. The van der Waals surface area contributed by atoms with Gasteiger partial charge in [0.15, 0.2) is 12.6 Å². The molecule has 0 radical (unpaired) electrons. The average molecular weight is 1260 g/mol. The average Bonchev–Trinajstić information content (AvgIpc) is 1.74. The first-order valence-electron chi connectivity index (χ1n) is 31.5. The number of carbonyl (C=O) groups is 2. The summed E-state index contributed by atoms with van der Waals surface area (Å²) < 4.78 is 76.3. The molecule has 0 saturated carbocycles. The largest absolute Gasteiger partial charge is 0.514 e. The molecule has 0 aromatic heterocycles. The minimum atomic E-state index is -0.798. The first kappa shape index (κ1) is 77.5. The molecule has 0 amide bonds. The van der Waals surface area contributed by atoms with Gasteiger partial charge in [-0.3, -0.25) is 0 Å². The molecule has 90 heavy (non-hydrogen) atoms. The Morgan fingerprint density at radius 3 is 1.02 bits per heavy atom. The molecule has 1 N–H and O–H groups in total. The minimum Gasteiger partial charge on any atom is -0.488 e. The fourth-order valence-corrected chi connectivity index (χ4v) is 7.50. The number of rotatable bonds is 20.